The van der Waals surface area contributed by atoms with Gasteiger partial charge < -0.3 is 19.6 Å². The molecule has 0 saturated carbocycles. The Kier molecular flexibility index (Phi) is 7.93. The number of ether oxygens (including phenoxy) is 2. The van der Waals surface area contributed by atoms with Crippen molar-refractivity contribution in [2.45, 2.75) is 25.7 Å². The lowest BCUT2D eigenvalue weighted by molar-refractivity contribution is -0.137. The number of hydrogen-bond acceptors (Lipinski definition) is 6. The number of nitrogens with zero attached hydrogens (tertiary/aromatic N) is 3. The number of H-pyrrole nitrogens is 1. The largest absolute Gasteiger partial charge is 0.497 e. The number of halogens is 5. The Morgan fingerprint density at radius 3 is 2.63 bits per heavy atom. The van der Waals surface area contributed by atoms with Crippen LogP contribution < -0.4 is 9.47 Å². The number of hydrazone groups is 1. The first-order valence-electron chi connectivity index (χ1n) is 12.6. The summed E-state index contributed by atoms with van der Waals surface area (Å²) in [5, 5.41) is 15.3. The third-order valence-corrected chi connectivity index (χ3v) is 6.52. The van der Waals surface area contributed by atoms with Gasteiger partial charge in [-0.3, -0.25) is 5.01 Å². The molecule has 1 aliphatic rings. The first kappa shape index (κ1) is 28.1. The van der Waals surface area contributed by atoms with E-state index in [9.17, 15) is 27.1 Å². The highest BCUT2D eigenvalue weighted by Crippen LogP contribution is 2.40. The Balaban J connectivity index is 1.42. The summed E-state index contributed by atoms with van der Waals surface area (Å²) in [6.45, 7) is 0.485. The highest BCUT2D eigenvalue weighted by molar-refractivity contribution is 5.81. The number of hydrogen-bond donors (Lipinski definition) is 2. The van der Waals surface area contributed by atoms with Crippen molar-refractivity contribution in [3.8, 4) is 34.0 Å². The molecule has 2 heterocycles. The van der Waals surface area contributed by atoms with Crippen molar-refractivity contribution >= 4 is 6.21 Å². The number of imidazole rings is 1. The van der Waals surface area contributed by atoms with E-state index in [1.807, 2.05) is 0 Å². The van der Waals surface area contributed by atoms with Gasteiger partial charge in [-0.25, -0.2) is 13.8 Å². The normalized spacial score (nSPS) is 12.9. The Morgan fingerprint density at radius 1 is 1.05 bits per heavy atom. The van der Waals surface area contributed by atoms with Gasteiger partial charge >= 0.3 is 6.18 Å². The topological polar surface area (TPSA) is 83.0 Å². The molecule has 3 aromatic carbocycles. The number of alkyl halides is 3. The van der Waals surface area contributed by atoms with Crippen LogP contribution in [0.2, 0.25) is 0 Å². The van der Waals surface area contributed by atoms with Crippen LogP contribution in [-0.4, -0.2) is 46.6 Å². The van der Waals surface area contributed by atoms with Crippen molar-refractivity contribution < 1.29 is 36.5 Å². The zero-order valence-corrected chi connectivity index (χ0v) is 21.8. The van der Waals surface area contributed by atoms with Crippen LogP contribution in [0.25, 0.3) is 22.5 Å². The zero-order valence-electron chi connectivity index (χ0n) is 21.8. The maximum Gasteiger partial charge on any atom is 0.417 e. The van der Waals surface area contributed by atoms with Crippen LogP contribution in [0.1, 0.15) is 28.9 Å². The number of benzene rings is 3. The van der Waals surface area contributed by atoms with E-state index in [4.69, 9.17) is 9.47 Å². The Bertz CT molecular complexity index is 1590. The van der Waals surface area contributed by atoms with Crippen LogP contribution in [0.5, 0.6) is 11.5 Å². The summed E-state index contributed by atoms with van der Waals surface area (Å²) >= 11 is 0. The fraction of sp³-hybridized carbons (Fsp3) is 0.241. The number of fused-ring (bicyclic) bond motifs is 1. The molecule has 41 heavy (non-hydrogen) atoms. The maximum atomic E-state index is 14.3. The molecule has 214 valence electrons. The van der Waals surface area contributed by atoms with Gasteiger partial charge in [-0.15, -0.1) is 0 Å². The van der Waals surface area contributed by atoms with Crippen LogP contribution in [0.4, 0.5) is 22.0 Å². The van der Waals surface area contributed by atoms with Gasteiger partial charge in [-0.05, 0) is 41.5 Å². The van der Waals surface area contributed by atoms with E-state index in [-0.39, 0.29) is 49.0 Å². The van der Waals surface area contributed by atoms with Crippen LogP contribution in [0.15, 0.2) is 59.7 Å². The van der Waals surface area contributed by atoms with Crippen LogP contribution in [0.3, 0.4) is 0 Å². The Labute approximate surface area is 231 Å². The number of aliphatic hydroxyl groups excluding tert-OH is 1. The third-order valence-electron chi connectivity index (χ3n) is 6.52. The molecule has 0 unspecified atom stereocenters. The van der Waals surface area contributed by atoms with E-state index in [2.05, 4.69) is 15.1 Å². The molecule has 2 N–H and O–H groups in total. The summed E-state index contributed by atoms with van der Waals surface area (Å²) in [6, 6.07) is 12.4. The number of aliphatic hydroxyl groups is 1. The Morgan fingerprint density at radius 2 is 1.88 bits per heavy atom. The standard InChI is InChI=1S/C29H25F5N4O3/c1-40-19-8-9-20(22(13-19)29(32,33)34)17-6-7-18(26(12-17)41-11-3-10-39)15-38-16-25-24(14-35-38)36-28(37-25)21-4-2-5-23(30)27(21)31/h2,4-9,12-14,39H,3,10-11,15-16H2,1H3,(H,36,37). The van der Waals surface area contributed by atoms with Crippen LogP contribution >= 0.6 is 0 Å². The minimum absolute atomic E-state index is 0.00809. The van der Waals surface area contributed by atoms with Crippen LogP contribution in [0, 0.1) is 11.6 Å². The second-order valence-electron chi connectivity index (χ2n) is 9.27. The molecule has 0 saturated heterocycles. The number of rotatable bonds is 9. The molecule has 0 bridgehead atoms. The minimum Gasteiger partial charge on any atom is -0.497 e. The van der Waals surface area contributed by atoms with Crippen LogP contribution in [-0.2, 0) is 19.3 Å². The van der Waals surface area contributed by atoms with Crippen molar-refractivity contribution in [1.29, 1.82) is 0 Å². The van der Waals surface area contributed by atoms with Gasteiger partial charge in [0.25, 0.3) is 0 Å². The number of methoxy groups -OCH3 is 1. The summed E-state index contributed by atoms with van der Waals surface area (Å²) in [4.78, 5) is 7.38. The van der Waals surface area contributed by atoms with Crippen molar-refractivity contribution in [1.82, 2.24) is 15.0 Å². The molecular weight excluding hydrogens is 547 g/mol. The van der Waals surface area contributed by atoms with Gasteiger partial charge in [0, 0.05) is 18.6 Å². The highest BCUT2D eigenvalue weighted by Gasteiger charge is 2.34. The van der Waals surface area contributed by atoms with Gasteiger partial charge in [-0.2, -0.15) is 18.3 Å². The predicted octanol–water partition coefficient (Wildman–Crippen LogP) is 6.16. The molecule has 0 fully saturated rings. The fourth-order valence-electron chi connectivity index (χ4n) is 4.48. The lowest BCUT2D eigenvalue weighted by Crippen LogP contribution is -2.22. The SMILES string of the molecule is COc1ccc(-c2ccc(CN3Cc4nc(-c5cccc(F)c5F)[nH]c4C=N3)c(OCCCO)c2)c(C(F)(F)F)c1. The molecule has 0 atom stereocenters. The number of nitrogens with one attached hydrogen (secondary N) is 1. The van der Waals surface area contributed by atoms with Gasteiger partial charge in [0.1, 0.15) is 17.3 Å². The lowest BCUT2D eigenvalue weighted by atomic mass is 9.97. The lowest BCUT2D eigenvalue weighted by Gasteiger charge is -2.23. The summed E-state index contributed by atoms with van der Waals surface area (Å²) in [5.74, 6) is -1.41. The fourth-order valence-corrected chi connectivity index (χ4v) is 4.48. The summed E-state index contributed by atoms with van der Waals surface area (Å²) in [5.41, 5.74) is 1.16. The first-order chi connectivity index (χ1) is 19.7. The molecule has 0 aliphatic carbocycles. The quantitative estimate of drug-likeness (QED) is 0.186. The summed E-state index contributed by atoms with van der Waals surface area (Å²) < 4.78 is 80.5. The molecule has 12 heteroatoms. The molecule has 0 spiro atoms. The number of aromatic nitrogens is 2. The third kappa shape index (κ3) is 6.02. The van der Waals surface area contributed by atoms with Gasteiger partial charge in [0.2, 0.25) is 0 Å². The van der Waals surface area contributed by atoms with E-state index >= 15 is 0 Å². The summed E-state index contributed by atoms with van der Waals surface area (Å²) in [6.07, 6.45) is -2.77. The maximum absolute atomic E-state index is 14.3. The molecule has 1 aliphatic heterocycles. The average molecular weight is 573 g/mol. The average Bonchev–Trinajstić information content (AvgIpc) is 3.38. The predicted molar refractivity (Wildman–Crippen MR) is 141 cm³/mol. The van der Waals surface area contributed by atoms with Crippen molar-refractivity contribution in [3.63, 3.8) is 0 Å². The number of aromatic amines is 1. The molecule has 0 radical (unpaired) electrons. The second-order valence-corrected chi connectivity index (χ2v) is 9.27. The van der Waals surface area contributed by atoms with E-state index < -0.39 is 23.4 Å². The van der Waals surface area contributed by atoms with Crippen molar-refractivity contribution in [2.24, 2.45) is 5.10 Å². The minimum atomic E-state index is -4.61. The molecule has 0 amide bonds. The molecule has 1 aromatic heterocycles. The highest BCUT2D eigenvalue weighted by atomic mass is 19.4. The van der Waals surface area contributed by atoms with E-state index in [1.54, 1.807) is 17.1 Å². The first-order valence-corrected chi connectivity index (χ1v) is 12.6. The monoisotopic (exact) mass is 572 g/mol. The second kappa shape index (κ2) is 11.6. The smallest absolute Gasteiger partial charge is 0.417 e. The van der Waals surface area contributed by atoms with E-state index in [0.29, 0.717) is 34.7 Å². The molecular formula is C29H25F5N4O3. The summed E-state index contributed by atoms with van der Waals surface area (Å²) in [7, 11) is 1.30. The molecule has 4 aromatic rings. The van der Waals surface area contributed by atoms with Gasteiger partial charge in [0.15, 0.2) is 11.6 Å². The van der Waals surface area contributed by atoms with E-state index in [1.165, 1.54) is 43.7 Å². The van der Waals surface area contributed by atoms with Crippen molar-refractivity contribution in [2.75, 3.05) is 20.3 Å². The van der Waals surface area contributed by atoms with Gasteiger partial charge in [0.05, 0.1) is 55.5 Å². The zero-order chi connectivity index (χ0) is 29.1. The molecule has 7 nitrogen and oxygen atoms in total. The van der Waals surface area contributed by atoms with Crippen molar-refractivity contribution in [3.05, 3.63) is 88.7 Å². The Hall–Kier alpha value is -4.45. The molecule has 5 rings (SSSR count). The van der Waals surface area contributed by atoms with E-state index in [0.717, 1.165) is 12.1 Å². The van der Waals surface area contributed by atoms with Gasteiger partial charge in [-0.1, -0.05) is 24.3 Å².